The highest BCUT2D eigenvalue weighted by Gasteiger charge is 2.05. The Kier molecular flexibility index (Phi) is 2.60. The minimum Gasteiger partial charge on any atom is -0.301 e. The van der Waals surface area contributed by atoms with Crippen LogP contribution in [0.4, 0.5) is 0 Å². The number of alkyl halides is 1. The van der Waals surface area contributed by atoms with E-state index in [1.807, 2.05) is 0 Å². The first kappa shape index (κ1) is 6.63. The van der Waals surface area contributed by atoms with Crippen molar-refractivity contribution in [2.45, 2.75) is 12.3 Å². The van der Waals surface area contributed by atoms with E-state index >= 15 is 0 Å². The van der Waals surface area contributed by atoms with Crippen LogP contribution in [0.1, 0.15) is 6.92 Å². The fourth-order valence-electron chi connectivity index (χ4n) is 0.0958. The Hall–Kier alpha value is -0.370. The molecule has 0 aromatic heterocycles. The molecule has 0 bridgehead atoms. The van der Waals surface area contributed by atoms with Crippen molar-refractivity contribution in [3.05, 3.63) is 0 Å². The summed E-state index contributed by atoms with van der Waals surface area (Å²) in [5.41, 5.74) is 0. The summed E-state index contributed by atoms with van der Waals surface area (Å²) in [4.78, 5) is 19.6. The summed E-state index contributed by atoms with van der Waals surface area (Å²) in [6.07, 6.45) is 0.407. The molecular weight excluding hydrogens is 115 g/mol. The summed E-state index contributed by atoms with van der Waals surface area (Å²) in [6.45, 7) is 1.27. The highest BCUT2D eigenvalue weighted by molar-refractivity contribution is 6.38. The molecule has 3 heteroatoms. The zero-order valence-corrected chi connectivity index (χ0v) is 4.61. The molecule has 0 radical (unpaired) electrons. The minimum absolute atomic E-state index is 0.309. The van der Waals surface area contributed by atoms with E-state index < -0.39 is 5.38 Å². The Labute approximate surface area is 46.5 Å². The Morgan fingerprint density at radius 2 is 2.29 bits per heavy atom. The van der Waals surface area contributed by atoms with Crippen LogP contribution in [0.25, 0.3) is 0 Å². The van der Waals surface area contributed by atoms with Gasteiger partial charge in [-0.1, -0.05) is 0 Å². The molecule has 0 aliphatic carbocycles. The zero-order valence-electron chi connectivity index (χ0n) is 3.85. The molecule has 0 saturated heterocycles. The lowest BCUT2D eigenvalue weighted by Crippen LogP contribution is -2.10. The van der Waals surface area contributed by atoms with E-state index in [1.54, 1.807) is 0 Å². The number of Topliss-reactive ketones (excluding diaryl/α,β-unsaturated/α-hetero) is 1. The second kappa shape index (κ2) is 2.75. The van der Waals surface area contributed by atoms with Crippen molar-refractivity contribution >= 4 is 23.7 Å². The van der Waals surface area contributed by atoms with E-state index in [0.29, 0.717) is 6.29 Å². The van der Waals surface area contributed by atoms with Gasteiger partial charge in [0.1, 0.15) is 11.7 Å². The molecule has 0 aromatic rings. The second-order valence-corrected chi connectivity index (χ2v) is 1.62. The zero-order chi connectivity index (χ0) is 5.86. The third-order valence-electron chi connectivity index (χ3n) is 0.508. The van der Waals surface area contributed by atoms with Crippen LogP contribution in [0.3, 0.4) is 0 Å². The summed E-state index contributed by atoms with van der Waals surface area (Å²) in [6, 6.07) is 0. The van der Waals surface area contributed by atoms with Crippen LogP contribution in [0.15, 0.2) is 0 Å². The van der Waals surface area contributed by atoms with Crippen molar-refractivity contribution in [1.29, 1.82) is 0 Å². The highest BCUT2D eigenvalue weighted by Crippen LogP contribution is 1.89. The van der Waals surface area contributed by atoms with Gasteiger partial charge in [0.15, 0.2) is 5.78 Å². The summed E-state index contributed by atoms with van der Waals surface area (Å²) in [7, 11) is 0. The average molecular weight is 121 g/mol. The molecule has 0 aliphatic rings. The molecule has 0 N–H and O–H groups in total. The first-order chi connectivity index (χ1) is 3.18. The summed E-state index contributed by atoms with van der Waals surface area (Å²) in [5, 5.41) is -0.944. The first-order valence-electron chi connectivity index (χ1n) is 1.78. The van der Waals surface area contributed by atoms with Crippen molar-refractivity contribution in [1.82, 2.24) is 0 Å². The van der Waals surface area contributed by atoms with Gasteiger partial charge in [0, 0.05) is 0 Å². The van der Waals surface area contributed by atoms with E-state index in [9.17, 15) is 9.59 Å². The molecule has 0 aromatic carbocycles. The first-order valence-corrected chi connectivity index (χ1v) is 2.22. The third-order valence-corrected chi connectivity index (χ3v) is 0.918. The smallest absolute Gasteiger partial charge is 0.154 e. The maximum absolute atomic E-state index is 10.0. The lowest BCUT2D eigenvalue weighted by atomic mass is 10.3. The maximum Gasteiger partial charge on any atom is 0.154 e. The van der Waals surface area contributed by atoms with Crippen LogP contribution in [0.2, 0.25) is 0 Å². The molecule has 0 aliphatic heterocycles. The van der Waals surface area contributed by atoms with Gasteiger partial charge >= 0.3 is 0 Å². The Balaban J connectivity index is 3.55. The van der Waals surface area contributed by atoms with Gasteiger partial charge in [0.25, 0.3) is 0 Å². The molecule has 0 saturated carbocycles. The van der Waals surface area contributed by atoms with Gasteiger partial charge < -0.3 is 4.79 Å². The van der Waals surface area contributed by atoms with E-state index in [4.69, 9.17) is 11.6 Å². The highest BCUT2D eigenvalue weighted by atomic mass is 35.5. The van der Waals surface area contributed by atoms with Gasteiger partial charge in [0.2, 0.25) is 0 Å². The number of rotatable bonds is 2. The van der Waals surface area contributed by atoms with Crippen LogP contribution in [0, 0.1) is 0 Å². The number of carbonyl (C=O) groups is 2. The lowest BCUT2D eigenvalue weighted by Gasteiger charge is -1.87. The molecule has 0 rings (SSSR count). The van der Waals surface area contributed by atoms with Crippen molar-refractivity contribution in [3.8, 4) is 0 Å². The van der Waals surface area contributed by atoms with Gasteiger partial charge in [-0.3, -0.25) is 4.79 Å². The summed E-state index contributed by atoms with van der Waals surface area (Å²) < 4.78 is 0. The number of halogens is 1. The largest absolute Gasteiger partial charge is 0.301 e. The average Bonchev–Trinajstić information content (AvgIpc) is 1.65. The van der Waals surface area contributed by atoms with Crippen LogP contribution in [-0.2, 0) is 9.59 Å². The molecule has 1 atom stereocenters. The quantitative estimate of drug-likeness (QED) is 0.300. The van der Waals surface area contributed by atoms with Crippen LogP contribution in [-0.4, -0.2) is 17.4 Å². The van der Waals surface area contributed by atoms with E-state index in [-0.39, 0.29) is 5.78 Å². The molecule has 1 unspecified atom stereocenters. The summed E-state index contributed by atoms with van der Waals surface area (Å²) >= 11 is 5.08. The standard InChI is InChI=1S/C4H5ClO2/c1-3(7)4(5)2-6/h2,4H,1H3. The van der Waals surface area contributed by atoms with Crippen molar-refractivity contribution in [2.75, 3.05) is 0 Å². The summed E-state index contributed by atoms with van der Waals surface area (Å²) in [5.74, 6) is -0.309. The Morgan fingerprint density at radius 1 is 1.86 bits per heavy atom. The fraction of sp³-hybridized carbons (Fsp3) is 0.500. The van der Waals surface area contributed by atoms with Crippen LogP contribution >= 0.6 is 11.6 Å². The maximum atomic E-state index is 10.0. The number of hydrogen-bond acceptors (Lipinski definition) is 2. The van der Waals surface area contributed by atoms with Gasteiger partial charge in [-0.15, -0.1) is 11.6 Å². The third kappa shape index (κ3) is 2.34. The molecular formula is C4H5ClO2. The van der Waals surface area contributed by atoms with Crippen molar-refractivity contribution in [2.24, 2.45) is 0 Å². The molecule has 40 valence electrons. The normalized spacial score (nSPS) is 12.9. The second-order valence-electron chi connectivity index (χ2n) is 1.15. The monoisotopic (exact) mass is 120 g/mol. The molecule has 7 heavy (non-hydrogen) atoms. The van der Waals surface area contributed by atoms with Crippen LogP contribution in [0.5, 0.6) is 0 Å². The van der Waals surface area contributed by atoms with Gasteiger partial charge in [-0.25, -0.2) is 0 Å². The van der Waals surface area contributed by atoms with E-state index in [0.717, 1.165) is 0 Å². The molecule has 0 fully saturated rings. The van der Waals surface area contributed by atoms with Crippen LogP contribution < -0.4 is 0 Å². The van der Waals surface area contributed by atoms with Gasteiger partial charge in [-0.2, -0.15) is 0 Å². The van der Waals surface area contributed by atoms with Crippen molar-refractivity contribution in [3.63, 3.8) is 0 Å². The minimum atomic E-state index is -0.944. The Bertz CT molecular complexity index is 89.7. The molecule has 0 spiro atoms. The number of hydrogen-bond donors (Lipinski definition) is 0. The number of aldehydes is 1. The van der Waals surface area contributed by atoms with Crippen molar-refractivity contribution < 1.29 is 9.59 Å². The molecule has 2 nitrogen and oxygen atoms in total. The topological polar surface area (TPSA) is 34.1 Å². The van der Waals surface area contributed by atoms with E-state index in [1.165, 1.54) is 6.92 Å². The predicted octanol–water partition coefficient (Wildman–Crippen LogP) is 0.382. The molecule has 0 amide bonds. The number of carbonyl (C=O) groups excluding carboxylic acids is 2. The SMILES string of the molecule is CC(=O)C(Cl)C=O. The number of ketones is 1. The lowest BCUT2D eigenvalue weighted by molar-refractivity contribution is -0.120. The van der Waals surface area contributed by atoms with E-state index in [2.05, 4.69) is 0 Å². The van der Waals surface area contributed by atoms with Gasteiger partial charge in [0.05, 0.1) is 0 Å². The Morgan fingerprint density at radius 3 is 2.29 bits per heavy atom. The predicted molar refractivity (Wildman–Crippen MR) is 26.4 cm³/mol. The fourth-order valence-corrected chi connectivity index (χ4v) is 0.0958. The molecule has 0 heterocycles. The van der Waals surface area contributed by atoms with Gasteiger partial charge in [-0.05, 0) is 6.92 Å².